The van der Waals surface area contributed by atoms with Crippen molar-refractivity contribution in [3.63, 3.8) is 0 Å². The number of nitrogens with one attached hydrogen (secondary N) is 1. The third-order valence-corrected chi connectivity index (χ3v) is 4.91. The Morgan fingerprint density at radius 2 is 2.00 bits per heavy atom. The number of nitrogens with zero attached hydrogens (tertiary/aromatic N) is 2. The summed E-state index contributed by atoms with van der Waals surface area (Å²) in [4.78, 5) is 16.5. The first-order valence-corrected chi connectivity index (χ1v) is 9.20. The fourth-order valence-corrected chi connectivity index (χ4v) is 3.50. The second kappa shape index (κ2) is 7.92. The molecule has 8 heteroatoms. The lowest BCUT2D eigenvalue weighted by atomic mass is 10.2. The highest BCUT2D eigenvalue weighted by Crippen LogP contribution is 2.34. The lowest BCUT2D eigenvalue weighted by Gasteiger charge is -2.07. The van der Waals surface area contributed by atoms with Crippen molar-refractivity contribution in [2.24, 2.45) is 0 Å². The summed E-state index contributed by atoms with van der Waals surface area (Å²) in [7, 11) is 1.60. The highest BCUT2D eigenvalue weighted by Gasteiger charge is 2.12. The van der Waals surface area contributed by atoms with Crippen molar-refractivity contribution in [2.75, 3.05) is 7.11 Å². The van der Waals surface area contributed by atoms with E-state index in [1.165, 1.54) is 0 Å². The van der Waals surface area contributed by atoms with Crippen LogP contribution < -0.4 is 10.1 Å². The Morgan fingerprint density at radius 1 is 1.27 bits per heavy atom. The molecule has 134 valence electrons. The number of phenols is 1. The molecule has 1 aromatic heterocycles. The van der Waals surface area contributed by atoms with Crippen LogP contribution in [0.15, 0.2) is 57.9 Å². The first kappa shape index (κ1) is 18.5. The van der Waals surface area contributed by atoms with E-state index >= 15 is 0 Å². The van der Waals surface area contributed by atoms with Gasteiger partial charge in [0.25, 0.3) is 5.91 Å². The van der Waals surface area contributed by atoms with Crippen LogP contribution in [0.2, 0.25) is 0 Å². The third kappa shape index (κ3) is 4.08. The monoisotopic (exact) mass is 479 g/mol. The van der Waals surface area contributed by atoms with Gasteiger partial charge in [-0.3, -0.25) is 4.79 Å². The molecule has 2 aromatic carbocycles. The number of halogens is 2. The molecule has 0 saturated heterocycles. The van der Waals surface area contributed by atoms with Crippen LogP contribution in [0.1, 0.15) is 16.1 Å². The number of rotatable bonds is 5. The minimum Gasteiger partial charge on any atom is -0.506 e. The molecule has 0 aliphatic carbocycles. The maximum atomic E-state index is 12.3. The molecule has 1 amide bonds. The van der Waals surface area contributed by atoms with Gasteiger partial charge in [0.1, 0.15) is 23.5 Å². The summed E-state index contributed by atoms with van der Waals surface area (Å²) in [6, 6.07) is 11.0. The van der Waals surface area contributed by atoms with E-state index in [1.807, 2.05) is 24.3 Å². The molecule has 0 atom stereocenters. The van der Waals surface area contributed by atoms with Crippen LogP contribution in [-0.2, 0) is 6.54 Å². The summed E-state index contributed by atoms with van der Waals surface area (Å²) < 4.78 is 7.96. The van der Waals surface area contributed by atoms with Crippen LogP contribution in [-0.4, -0.2) is 27.7 Å². The number of ether oxygens (including phenoxy) is 1. The largest absolute Gasteiger partial charge is 0.506 e. The molecular weight excluding hydrogens is 466 g/mol. The van der Waals surface area contributed by atoms with Gasteiger partial charge in [-0.1, -0.05) is 12.1 Å². The first-order valence-electron chi connectivity index (χ1n) is 7.61. The van der Waals surface area contributed by atoms with Crippen molar-refractivity contribution in [1.82, 2.24) is 14.9 Å². The number of methoxy groups -OCH3 is 1. The van der Waals surface area contributed by atoms with Gasteiger partial charge in [0.15, 0.2) is 0 Å². The van der Waals surface area contributed by atoms with Crippen molar-refractivity contribution in [3.8, 4) is 17.2 Å². The van der Waals surface area contributed by atoms with Crippen molar-refractivity contribution >= 4 is 37.8 Å². The molecule has 3 rings (SSSR count). The SMILES string of the molecule is COc1cccc(CNC(=O)c2cn(-c3cc(Br)c(O)c(Br)c3)cn2)c1. The summed E-state index contributed by atoms with van der Waals surface area (Å²) in [5.41, 5.74) is 1.98. The maximum absolute atomic E-state index is 12.3. The number of aromatic nitrogens is 2. The van der Waals surface area contributed by atoms with Gasteiger partial charge in [-0.25, -0.2) is 4.98 Å². The van der Waals surface area contributed by atoms with Gasteiger partial charge in [0, 0.05) is 18.4 Å². The van der Waals surface area contributed by atoms with E-state index in [2.05, 4.69) is 42.2 Å². The zero-order valence-corrected chi connectivity index (χ0v) is 16.9. The molecule has 1 heterocycles. The first-order chi connectivity index (χ1) is 12.5. The average molecular weight is 481 g/mol. The zero-order valence-electron chi connectivity index (χ0n) is 13.7. The molecule has 0 spiro atoms. The van der Waals surface area contributed by atoms with Crippen molar-refractivity contribution in [3.05, 3.63) is 69.1 Å². The smallest absolute Gasteiger partial charge is 0.271 e. The predicted octanol–water partition coefficient (Wildman–Crippen LogP) is 4.04. The predicted molar refractivity (Wildman–Crippen MR) is 105 cm³/mol. The quantitative estimate of drug-likeness (QED) is 0.577. The van der Waals surface area contributed by atoms with Crippen molar-refractivity contribution < 1.29 is 14.6 Å². The topological polar surface area (TPSA) is 76.4 Å². The summed E-state index contributed by atoms with van der Waals surface area (Å²) in [5, 5.41) is 12.6. The molecule has 0 aliphatic heterocycles. The van der Waals surface area contributed by atoms with Gasteiger partial charge in [-0.05, 0) is 61.7 Å². The Morgan fingerprint density at radius 3 is 2.69 bits per heavy atom. The molecule has 2 N–H and O–H groups in total. The van der Waals surface area contributed by atoms with Crippen LogP contribution in [0.5, 0.6) is 11.5 Å². The Balaban J connectivity index is 1.72. The number of phenolic OH excluding ortho intramolecular Hbond substituents is 1. The molecule has 0 radical (unpaired) electrons. The fourth-order valence-electron chi connectivity index (χ4n) is 2.34. The minimum atomic E-state index is -0.275. The lowest BCUT2D eigenvalue weighted by Crippen LogP contribution is -2.23. The van der Waals surface area contributed by atoms with E-state index in [4.69, 9.17) is 4.74 Å². The normalized spacial score (nSPS) is 10.6. The molecule has 26 heavy (non-hydrogen) atoms. The van der Waals surface area contributed by atoms with Crippen LogP contribution >= 0.6 is 31.9 Å². The lowest BCUT2D eigenvalue weighted by molar-refractivity contribution is 0.0946. The van der Waals surface area contributed by atoms with Crippen LogP contribution in [0, 0.1) is 0 Å². The van der Waals surface area contributed by atoms with Gasteiger partial charge in [-0.2, -0.15) is 0 Å². The van der Waals surface area contributed by atoms with Gasteiger partial charge in [-0.15, -0.1) is 0 Å². The Kier molecular flexibility index (Phi) is 5.63. The van der Waals surface area contributed by atoms with Gasteiger partial charge >= 0.3 is 0 Å². The number of amides is 1. The second-order valence-electron chi connectivity index (χ2n) is 5.46. The van der Waals surface area contributed by atoms with E-state index in [1.54, 1.807) is 36.3 Å². The average Bonchev–Trinajstić information content (AvgIpc) is 3.14. The Labute approximate surface area is 167 Å². The highest BCUT2D eigenvalue weighted by molar-refractivity contribution is 9.11. The second-order valence-corrected chi connectivity index (χ2v) is 7.17. The molecule has 0 unspecified atom stereocenters. The van der Waals surface area contributed by atoms with Crippen molar-refractivity contribution in [1.29, 1.82) is 0 Å². The summed E-state index contributed by atoms with van der Waals surface area (Å²) >= 11 is 6.58. The maximum Gasteiger partial charge on any atom is 0.271 e. The molecule has 0 bridgehead atoms. The van der Waals surface area contributed by atoms with E-state index in [9.17, 15) is 9.90 Å². The molecular formula is C18H15Br2N3O3. The zero-order chi connectivity index (χ0) is 18.7. The molecule has 0 saturated carbocycles. The number of hydrogen-bond donors (Lipinski definition) is 2. The number of aromatic hydroxyl groups is 1. The van der Waals surface area contributed by atoms with E-state index in [0.717, 1.165) is 17.0 Å². The summed E-state index contributed by atoms with van der Waals surface area (Å²) in [6.07, 6.45) is 3.18. The molecule has 6 nitrogen and oxygen atoms in total. The van der Waals surface area contributed by atoms with E-state index in [-0.39, 0.29) is 11.7 Å². The van der Waals surface area contributed by atoms with Crippen LogP contribution in [0.4, 0.5) is 0 Å². The fraction of sp³-hybridized carbons (Fsp3) is 0.111. The van der Waals surface area contributed by atoms with Gasteiger partial charge < -0.3 is 19.7 Å². The van der Waals surface area contributed by atoms with Crippen LogP contribution in [0.25, 0.3) is 5.69 Å². The number of hydrogen-bond acceptors (Lipinski definition) is 4. The molecule has 3 aromatic rings. The Bertz CT molecular complexity index is 933. The van der Waals surface area contributed by atoms with E-state index < -0.39 is 0 Å². The van der Waals surface area contributed by atoms with Crippen molar-refractivity contribution in [2.45, 2.75) is 6.54 Å². The molecule has 0 aliphatic rings. The summed E-state index contributed by atoms with van der Waals surface area (Å²) in [6.45, 7) is 0.374. The Hall–Kier alpha value is -2.32. The minimum absolute atomic E-state index is 0.116. The number of benzene rings is 2. The highest BCUT2D eigenvalue weighted by atomic mass is 79.9. The number of imidazole rings is 1. The number of carbonyl (C=O) groups excluding carboxylic acids is 1. The van der Waals surface area contributed by atoms with Gasteiger partial charge in [0.05, 0.1) is 16.1 Å². The third-order valence-electron chi connectivity index (χ3n) is 3.70. The van der Waals surface area contributed by atoms with E-state index in [0.29, 0.717) is 21.2 Å². The standard InChI is InChI=1S/C18H15Br2N3O3/c1-26-13-4-2-3-11(5-13)8-21-18(25)16-9-23(10-22-16)12-6-14(19)17(24)15(20)7-12/h2-7,9-10,24H,8H2,1H3,(H,21,25). The van der Waals surface area contributed by atoms with Crippen LogP contribution in [0.3, 0.4) is 0 Å². The summed E-state index contributed by atoms with van der Waals surface area (Å²) in [5.74, 6) is 0.582. The molecule has 0 fully saturated rings. The number of carbonyl (C=O) groups is 1. The van der Waals surface area contributed by atoms with Gasteiger partial charge in [0.2, 0.25) is 0 Å².